The van der Waals surface area contributed by atoms with Crippen LogP contribution in [0, 0.1) is 6.92 Å². The summed E-state index contributed by atoms with van der Waals surface area (Å²) in [4.78, 5) is 14.2. The molecule has 1 aliphatic carbocycles. The Hall–Kier alpha value is -0.920. The maximum Gasteiger partial charge on any atom is 0.253 e. The summed E-state index contributed by atoms with van der Waals surface area (Å²) in [7, 11) is -2.10. The standard InChI is InChI=1S/C14H19BrN2O3S/c1-9-7-10(8-12(13(9)15)21(16,19)20)14(18)17(2)11-5-3-4-6-11/h7-8,11H,3-6H2,1-2H3,(H2,16,19,20). The maximum atomic E-state index is 12.5. The minimum Gasteiger partial charge on any atom is -0.339 e. The topological polar surface area (TPSA) is 80.5 Å². The van der Waals surface area contributed by atoms with E-state index < -0.39 is 10.0 Å². The maximum absolute atomic E-state index is 12.5. The lowest BCUT2D eigenvalue weighted by Gasteiger charge is -2.25. The summed E-state index contributed by atoms with van der Waals surface area (Å²) in [5, 5.41) is 5.21. The second kappa shape index (κ2) is 6.06. The van der Waals surface area contributed by atoms with Crippen LogP contribution in [-0.4, -0.2) is 32.3 Å². The van der Waals surface area contributed by atoms with Crippen LogP contribution in [0.5, 0.6) is 0 Å². The third-order valence-corrected chi connectivity index (χ3v) is 6.22. The van der Waals surface area contributed by atoms with Crippen LogP contribution in [0.2, 0.25) is 0 Å². The number of amides is 1. The average molecular weight is 375 g/mol. The lowest BCUT2D eigenvalue weighted by atomic mass is 10.1. The zero-order valence-electron chi connectivity index (χ0n) is 12.1. The minimum absolute atomic E-state index is 0.0503. The number of rotatable bonds is 3. The molecular formula is C14H19BrN2O3S. The van der Waals surface area contributed by atoms with E-state index in [9.17, 15) is 13.2 Å². The van der Waals surface area contributed by atoms with Crippen molar-refractivity contribution < 1.29 is 13.2 Å². The highest BCUT2D eigenvalue weighted by Gasteiger charge is 2.26. The molecule has 0 unspecified atom stereocenters. The van der Waals surface area contributed by atoms with Crippen molar-refractivity contribution in [3.05, 3.63) is 27.7 Å². The van der Waals surface area contributed by atoms with Crippen LogP contribution in [-0.2, 0) is 10.0 Å². The molecule has 1 saturated carbocycles. The Morgan fingerprint density at radius 1 is 1.33 bits per heavy atom. The van der Waals surface area contributed by atoms with Gasteiger partial charge in [-0.05, 0) is 53.4 Å². The van der Waals surface area contributed by atoms with Crippen LogP contribution in [0.1, 0.15) is 41.6 Å². The van der Waals surface area contributed by atoms with Crippen molar-refractivity contribution in [1.82, 2.24) is 4.90 Å². The van der Waals surface area contributed by atoms with E-state index >= 15 is 0 Å². The molecule has 2 N–H and O–H groups in total. The van der Waals surface area contributed by atoms with Crippen molar-refractivity contribution in [3.8, 4) is 0 Å². The van der Waals surface area contributed by atoms with Gasteiger partial charge in [0.25, 0.3) is 5.91 Å². The third kappa shape index (κ3) is 3.46. The third-order valence-electron chi connectivity index (χ3n) is 3.97. The molecule has 1 aromatic rings. The Bertz CT molecular complexity index is 667. The number of hydrogen-bond acceptors (Lipinski definition) is 3. The van der Waals surface area contributed by atoms with Crippen LogP contribution in [0.15, 0.2) is 21.5 Å². The Labute approximate surface area is 133 Å². The number of carbonyl (C=O) groups excluding carboxylic acids is 1. The number of sulfonamides is 1. The predicted molar refractivity (Wildman–Crippen MR) is 84.6 cm³/mol. The summed E-state index contributed by atoms with van der Waals surface area (Å²) in [6.45, 7) is 1.74. The molecule has 5 nitrogen and oxygen atoms in total. The summed E-state index contributed by atoms with van der Waals surface area (Å²) in [5.41, 5.74) is 1.03. The van der Waals surface area contributed by atoms with Crippen LogP contribution < -0.4 is 5.14 Å². The summed E-state index contributed by atoms with van der Waals surface area (Å²) >= 11 is 3.22. The Balaban J connectivity index is 2.40. The SMILES string of the molecule is Cc1cc(C(=O)N(C)C2CCCC2)cc(S(N)(=O)=O)c1Br. The molecular weight excluding hydrogens is 356 g/mol. The molecule has 0 heterocycles. The molecule has 116 valence electrons. The Kier molecular flexibility index (Phi) is 4.75. The number of halogens is 1. The molecule has 0 bridgehead atoms. The fourth-order valence-electron chi connectivity index (χ4n) is 2.73. The van der Waals surface area contributed by atoms with Gasteiger partial charge in [0, 0.05) is 23.1 Å². The van der Waals surface area contributed by atoms with E-state index in [-0.39, 0.29) is 16.8 Å². The molecule has 21 heavy (non-hydrogen) atoms. The van der Waals surface area contributed by atoms with Gasteiger partial charge in [-0.25, -0.2) is 13.6 Å². The van der Waals surface area contributed by atoms with Crippen LogP contribution in [0.3, 0.4) is 0 Å². The zero-order valence-corrected chi connectivity index (χ0v) is 14.5. The Morgan fingerprint density at radius 2 is 1.90 bits per heavy atom. The second-order valence-corrected chi connectivity index (χ2v) is 7.83. The molecule has 0 spiro atoms. The van der Waals surface area contributed by atoms with Gasteiger partial charge in [-0.15, -0.1) is 0 Å². The second-order valence-electron chi connectivity index (χ2n) is 5.50. The normalized spacial score (nSPS) is 16.2. The molecule has 1 aliphatic rings. The Morgan fingerprint density at radius 3 is 2.43 bits per heavy atom. The molecule has 1 fully saturated rings. The largest absolute Gasteiger partial charge is 0.339 e. The highest BCUT2D eigenvalue weighted by atomic mass is 79.9. The molecule has 2 rings (SSSR count). The van der Waals surface area contributed by atoms with E-state index in [0.717, 1.165) is 25.7 Å². The summed E-state index contributed by atoms with van der Waals surface area (Å²) < 4.78 is 23.7. The summed E-state index contributed by atoms with van der Waals surface area (Å²) in [5.74, 6) is -0.164. The van der Waals surface area contributed by atoms with Gasteiger partial charge < -0.3 is 4.90 Å². The van der Waals surface area contributed by atoms with E-state index in [1.165, 1.54) is 6.07 Å². The first kappa shape index (κ1) is 16.5. The summed E-state index contributed by atoms with van der Waals surface area (Å²) in [6, 6.07) is 3.27. The quantitative estimate of drug-likeness (QED) is 0.881. The number of benzene rings is 1. The van der Waals surface area contributed by atoms with Gasteiger partial charge >= 0.3 is 0 Å². The van der Waals surface area contributed by atoms with Crippen LogP contribution in [0.4, 0.5) is 0 Å². The van der Waals surface area contributed by atoms with Crippen molar-refractivity contribution in [3.63, 3.8) is 0 Å². The number of aryl methyl sites for hydroxylation is 1. The van der Waals surface area contributed by atoms with Crippen LogP contribution >= 0.6 is 15.9 Å². The van der Waals surface area contributed by atoms with E-state index in [0.29, 0.717) is 15.6 Å². The first-order chi connectivity index (χ1) is 9.71. The van der Waals surface area contributed by atoms with Gasteiger partial charge in [0.2, 0.25) is 10.0 Å². The zero-order chi connectivity index (χ0) is 15.8. The van der Waals surface area contributed by atoms with Crippen LogP contribution in [0.25, 0.3) is 0 Å². The first-order valence-electron chi connectivity index (χ1n) is 6.82. The molecule has 1 amide bonds. The molecule has 7 heteroatoms. The van der Waals surface area contributed by atoms with Gasteiger partial charge in [0.15, 0.2) is 0 Å². The summed E-state index contributed by atoms with van der Waals surface area (Å²) in [6.07, 6.45) is 4.26. The number of carbonyl (C=O) groups is 1. The fourth-order valence-corrected chi connectivity index (χ4v) is 4.34. The van der Waals surface area contributed by atoms with Crippen molar-refractivity contribution in [2.75, 3.05) is 7.05 Å². The number of hydrogen-bond donors (Lipinski definition) is 1. The number of nitrogens with two attached hydrogens (primary N) is 1. The fraction of sp³-hybridized carbons (Fsp3) is 0.500. The van der Waals surface area contributed by atoms with Gasteiger partial charge in [-0.2, -0.15) is 0 Å². The van der Waals surface area contributed by atoms with Gasteiger partial charge in [0.05, 0.1) is 4.90 Å². The lowest BCUT2D eigenvalue weighted by molar-refractivity contribution is 0.0735. The van der Waals surface area contributed by atoms with Crippen molar-refractivity contribution >= 4 is 31.9 Å². The molecule has 0 atom stereocenters. The molecule has 0 saturated heterocycles. The van der Waals surface area contributed by atoms with Crippen molar-refractivity contribution in [1.29, 1.82) is 0 Å². The van der Waals surface area contributed by atoms with E-state index in [1.54, 1.807) is 24.9 Å². The van der Waals surface area contributed by atoms with Crippen molar-refractivity contribution in [2.24, 2.45) is 5.14 Å². The number of nitrogens with zero attached hydrogens (tertiary/aromatic N) is 1. The lowest BCUT2D eigenvalue weighted by Crippen LogP contribution is -2.35. The molecule has 0 aromatic heterocycles. The van der Waals surface area contributed by atoms with Crippen molar-refractivity contribution in [2.45, 2.75) is 43.5 Å². The smallest absolute Gasteiger partial charge is 0.253 e. The first-order valence-corrected chi connectivity index (χ1v) is 9.16. The van der Waals surface area contributed by atoms with E-state index in [1.807, 2.05) is 0 Å². The molecule has 1 aromatic carbocycles. The molecule has 0 radical (unpaired) electrons. The molecule has 0 aliphatic heterocycles. The highest BCUT2D eigenvalue weighted by molar-refractivity contribution is 9.10. The van der Waals surface area contributed by atoms with Gasteiger partial charge in [-0.3, -0.25) is 4.79 Å². The highest BCUT2D eigenvalue weighted by Crippen LogP contribution is 2.28. The average Bonchev–Trinajstić information content (AvgIpc) is 2.92. The minimum atomic E-state index is -3.87. The monoisotopic (exact) mass is 374 g/mol. The van der Waals surface area contributed by atoms with Gasteiger partial charge in [-0.1, -0.05) is 12.8 Å². The number of primary sulfonamides is 1. The predicted octanol–water partition coefficient (Wildman–Crippen LogP) is 2.42. The van der Waals surface area contributed by atoms with Gasteiger partial charge in [0.1, 0.15) is 0 Å². The van der Waals surface area contributed by atoms with E-state index in [2.05, 4.69) is 15.9 Å². The van der Waals surface area contributed by atoms with E-state index in [4.69, 9.17) is 5.14 Å².